The molecule has 4 nitrogen and oxygen atoms in total. The second kappa shape index (κ2) is 8.48. The zero-order valence-corrected chi connectivity index (χ0v) is 11.6. The summed E-state index contributed by atoms with van der Waals surface area (Å²) in [6.45, 7) is 9.42. The number of aliphatic hydroxyl groups excluding tert-OH is 1. The van der Waals surface area contributed by atoms with E-state index in [1.54, 1.807) is 0 Å². The molecule has 0 amide bonds. The molecule has 1 unspecified atom stereocenters. The number of rotatable bonds is 8. The Balaban J connectivity index is 3.37. The third-order valence-electron chi connectivity index (χ3n) is 2.29. The van der Waals surface area contributed by atoms with Crippen LogP contribution in [0, 0.1) is 5.92 Å². The number of aliphatic hydroxyl groups is 1. The Morgan fingerprint density at radius 2 is 2.00 bits per heavy atom. The summed E-state index contributed by atoms with van der Waals surface area (Å²) in [6.07, 6.45) is 2.44. The molecule has 0 aromatic heterocycles. The number of esters is 1. The standard InChI is InChI=1S/C13H27NO3/c1-11(10-15)6-5-8-14-9-7-12(16)17-13(2,3)4/h11,14-15H,5-10H2,1-4H3. The quantitative estimate of drug-likeness (QED) is 0.505. The van der Waals surface area contributed by atoms with Gasteiger partial charge in [0.1, 0.15) is 5.60 Å². The van der Waals surface area contributed by atoms with Gasteiger partial charge in [-0.2, -0.15) is 0 Å². The molecule has 17 heavy (non-hydrogen) atoms. The van der Waals surface area contributed by atoms with Gasteiger partial charge >= 0.3 is 5.97 Å². The summed E-state index contributed by atoms with van der Waals surface area (Å²) >= 11 is 0. The van der Waals surface area contributed by atoms with E-state index in [2.05, 4.69) is 5.32 Å². The topological polar surface area (TPSA) is 58.6 Å². The van der Waals surface area contributed by atoms with Gasteiger partial charge in [-0.25, -0.2) is 0 Å². The lowest BCUT2D eigenvalue weighted by molar-refractivity contribution is -0.154. The van der Waals surface area contributed by atoms with Gasteiger partial charge in [-0.3, -0.25) is 4.79 Å². The number of hydrogen-bond donors (Lipinski definition) is 2. The number of carbonyl (C=O) groups excluding carboxylic acids is 1. The highest BCUT2D eigenvalue weighted by molar-refractivity contribution is 5.70. The molecular weight excluding hydrogens is 218 g/mol. The van der Waals surface area contributed by atoms with Gasteiger partial charge in [-0.05, 0) is 46.1 Å². The zero-order valence-electron chi connectivity index (χ0n) is 11.6. The van der Waals surface area contributed by atoms with Crippen molar-refractivity contribution < 1.29 is 14.6 Å². The van der Waals surface area contributed by atoms with Gasteiger partial charge in [0.15, 0.2) is 0 Å². The third-order valence-corrected chi connectivity index (χ3v) is 2.29. The van der Waals surface area contributed by atoms with Crippen LogP contribution >= 0.6 is 0 Å². The van der Waals surface area contributed by atoms with Crippen molar-refractivity contribution >= 4 is 5.97 Å². The van der Waals surface area contributed by atoms with Crippen LogP contribution in [0.4, 0.5) is 0 Å². The van der Waals surface area contributed by atoms with Crippen LogP contribution in [0.2, 0.25) is 0 Å². The smallest absolute Gasteiger partial charge is 0.307 e. The Morgan fingerprint density at radius 3 is 2.53 bits per heavy atom. The first kappa shape index (κ1) is 16.4. The van der Waals surface area contributed by atoms with Crippen LogP contribution in [0.3, 0.4) is 0 Å². The second-order valence-electron chi connectivity index (χ2n) is 5.52. The maximum absolute atomic E-state index is 11.4. The van der Waals surface area contributed by atoms with E-state index in [0.717, 1.165) is 19.4 Å². The Bertz CT molecular complexity index is 211. The Labute approximate surface area is 105 Å². The van der Waals surface area contributed by atoms with Crippen molar-refractivity contribution in [1.29, 1.82) is 0 Å². The molecule has 0 spiro atoms. The Morgan fingerprint density at radius 1 is 1.35 bits per heavy atom. The fourth-order valence-electron chi connectivity index (χ4n) is 1.37. The van der Waals surface area contributed by atoms with Gasteiger partial charge in [-0.1, -0.05) is 6.92 Å². The minimum absolute atomic E-state index is 0.159. The van der Waals surface area contributed by atoms with E-state index in [0.29, 0.717) is 18.9 Å². The predicted octanol–water partition coefficient (Wildman–Crippen LogP) is 1.72. The van der Waals surface area contributed by atoms with Crippen molar-refractivity contribution in [3.05, 3.63) is 0 Å². The molecule has 102 valence electrons. The Hall–Kier alpha value is -0.610. The van der Waals surface area contributed by atoms with E-state index in [9.17, 15) is 4.79 Å². The fourth-order valence-corrected chi connectivity index (χ4v) is 1.37. The van der Waals surface area contributed by atoms with Crippen LogP contribution in [0.25, 0.3) is 0 Å². The van der Waals surface area contributed by atoms with Crippen LogP contribution in [0.5, 0.6) is 0 Å². The van der Waals surface area contributed by atoms with E-state index in [-0.39, 0.29) is 12.6 Å². The highest BCUT2D eigenvalue weighted by atomic mass is 16.6. The maximum atomic E-state index is 11.4. The molecule has 0 saturated carbocycles. The molecule has 0 aromatic carbocycles. The molecule has 0 saturated heterocycles. The van der Waals surface area contributed by atoms with Gasteiger partial charge in [0, 0.05) is 13.2 Å². The van der Waals surface area contributed by atoms with Crippen LogP contribution in [-0.4, -0.2) is 36.4 Å². The van der Waals surface area contributed by atoms with E-state index in [1.165, 1.54) is 0 Å². The minimum atomic E-state index is -0.395. The normalized spacial score (nSPS) is 13.5. The van der Waals surface area contributed by atoms with Crippen molar-refractivity contribution in [2.75, 3.05) is 19.7 Å². The number of ether oxygens (including phenoxy) is 1. The summed E-state index contributed by atoms with van der Waals surface area (Å²) in [4.78, 5) is 11.4. The van der Waals surface area contributed by atoms with E-state index in [4.69, 9.17) is 9.84 Å². The Kier molecular flexibility index (Phi) is 8.17. The first-order valence-corrected chi connectivity index (χ1v) is 6.38. The molecule has 0 fully saturated rings. The van der Waals surface area contributed by atoms with Crippen LogP contribution < -0.4 is 5.32 Å². The molecule has 0 heterocycles. The SMILES string of the molecule is CC(CO)CCCNCCC(=O)OC(C)(C)C. The summed E-state index contributed by atoms with van der Waals surface area (Å²) in [5, 5.41) is 12.0. The molecule has 0 bridgehead atoms. The number of nitrogens with one attached hydrogen (secondary N) is 1. The lowest BCUT2D eigenvalue weighted by Gasteiger charge is -2.19. The van der Waals surface area contributed by atoms with E-state index in [1.807, 2.05) is 27.7 Å². The first-order chi connectivity index (χ1) is 7.85. The largest absolute Gasteiger partial charge is 0.460 e. The first-order valence-electron chi connectivity index (χ1n) is 6.38. The van der Waals surface area contributed by atoms with Crippen molar-refractivity contribution in [3.8, 4) is 0 Å². The number of hydrogen-bond acceptors (Lipinski definition) is 4. The summed E-state index contributed by atoms with van der Waals surface area (Å²) < 4.78 is 5.19. The van der Waals surface area contributed by atoms with Crippen molar-refractivity contribution in [3.63, 3.8) is 0 Å². The molecule has 2 N–H and O–H groups in total. The summed E-state index contributed by atoms with van der Waals surface area (Å²) in [5.74, 6) is 0.205. The molecule has 0 aromatic rings. The van der Waals surface area contributed by atoms with Gasteiger partial charge in [0.25, 0.3) is 0 Å². The maximum Gasteiger partial charge on any atom is 0.307 e. The fraction of sp³-hybridized carbons (Fsp3) is 0.923. The molecule has 0 aliphatic carbocycles. The van der Waals surface area contributed by atoms with Crippen molar-refractivity contribution in [1.82, 2.24) is 5.32 Å². The van der Waals surface area contributed by atoms with Gasteiger partial charge in [-0.15, -0.1) is 0 Å². The van der Waals surface area contributed by atoms with E-state index >= 15 is 0 Å². The second-order valence-corrected chi connectivity index (χ2v) is 5.52. The third kappa shape index (κ3) is 11.6. The summed E-state index contributed by atoms with van der Waals surface area (Å²) in [6, 6.07) is 0. The van der Waals surface area contributed by atoms with Crippen LogP contribution in [0.1, 0.15) is 47.0 Å². The van der Waals surface area contributed by atoms with Gasteiger partial charge in [0.2, 0.25) is 0 Å². The summed E-state index contributed by atoms with van der Waals surface area (Å²) in [7, 11) is 0. The molecule has 0 rings (SSSR count). The molecule has 0 radical (unpaired) electrons. The minimum Gasteiger partial charge on any atom is -0.460 e. The average molecular weight is 245 g/mol. The van der Waals surface area contributed by atoms with Gasteiger partial charge in [0.05, 0.1) is 6.42 Å². The molecule has 0 aliphatic rings. The predicted molar refractivity (Wildman–Crippen MR) is 68.8 cm³/mol. The van der Waals surface area contributed by atoms with Crippen LogP contribution in [0.15, 0.2) is 0 Å². The van der Waals surface area contributed by atoms with Crippen molar-refractivity contribution in [2.24, 2.45) is 5.92 Å². The zero-order chi connectivity index (χ0) is 13.3. The highest BCUT2D eigenvalue weighted by Gasteiger charge is 2.15. The van der Waals surface area contributed by atoms with E-state index < -0.39 is 5.60 Å². The highest BCUT2D eigenvalue weighted by Crippen LogP contribution is 2.07. The molecule has 1 atom stereocenters. The lowest BCUT2D eigenvalue weighted by Crippen LogP contribution is -2.27. The molecule has 0 aliphatic heterocycles. The lowest BCUT2D eigenvalue weighted by atomic mass is 10.1. The summed E-state index contributed by atoms with van der Waals surface area (Å²) in [5.41, 5.74) is -0.395. The average Bonchev–Trinajstić information content (AvgIpc) is 2.20. The van der Waals surface area contributed by atoms with Gasteiger partial charge < -0.3 is 15.2 Å². The molecular formula is C13H27NO3. The monoisotopic (exact) mass is 245 g/mol. The molecule has 4 heteroatoms. The van der Waals surface area contributed by atoms with Crippen molar-refractivity contribution in [2.45, 2.75) is 52.6 Å². The number of carbonyl (C=O) groups is 1. The van der Waals surface area contributed by atoms with Crippen LogP contribution in [-0.2, 0) is 9.53 Å².